The molecule has 0 saturated heterocycles. The molecule has 0 heterocycles. The fourth-order valence-corrected chi connectivity index (χ4v) is 1.93. The van der Waals surface area contributed by atoms with E-state index >= 15 is 0 Å². The Labute approximate surface area is 135 Å². The van der Waals surface area contributed by atoms with E-state index in [9.17, 15) is 4.79 Å². The van der Waals surface area contributed by atoms with Gasteiger partial charge in [-0.2, -0.15) is 0 Å². The summed E-state index contributed by atoms with van der Waals surface area (Å²) < 4.78 is 10.7. The van der Waals surface area contributed by atoms with E-state index in [2.05, 4.69) is 5.32 Å². The lowest BCUT2D eigenvalue weighted by Gasteiger charge is -2.08. The second-order valence-corrected chi connectivity index (χ2v) is 5.03. The average molecular weight is 320 g/mol. The largest absolute Gasteiger partial charge is 0.494 e. The number of benzene rings is 2. The van der Waals surface area contributed by atoms with Crippen LogP contribution < -0.4 is 14.8 Å². The maximum Gasteiger partial charge on any atom is 0.258 e. The molecule has 0 unspecified atom stereocenters. The van der Waals surface area contributed by atoms with Crippen LogP contribution in [0.15, 0.2) is 48.5 Å². The van der Waals surface area contributed by atoms with E-state index in [4.69, 9.17) is 21.1 Å². The highest BCUT2D eigenvalue weighted by molar-refractivity contribution is 6.30. The number of hydrogen-bond donors (Lipinski definition) is 1. The van der Waals surface area contributed by atoms with E-state index in [1.165, 1.54) is 0 Å². The third-order valence-electron chi connectivity index (χ3n) is 2.91. The Kier molecular flexibility index (Phi) is 6.10. The van der Waals surface area contributed by atoms with E-state index in [1.807, 2.05) is 31.2 Å². The van der Waals surface area contributed by atoms with Crippen LogP contribution in [0.1, 0.15) is 12.5 Å². The van der Waals surface area contributed by atoms with Crippen LogP contribution in [0.25, 0.3) is 0 Å². The highest BCUT2D eigenvalue weighted by Crippen LogP contribution is 2.15. The summed E-state index contributed by atoms with van der Waals surface area (Å²) in [5.41, 5.74) is 1.00. The summed E-state index contributed by atoms with van der Waals surface area (Å²) in [7, 11) is 0. The molecule has 0 radical (unpaired) electrons. The fraction of sp³-hybridized carbons (Fsp3) is 0.235. The third kappa shape index (κ3) is 5.30. The van der Waals surface area contributed by atoms with E-state index < -0.39 is 0 Å². The van der Waals surface area contributed by atoms with Crippen molar-refractivity contribution >= 4 is 17.5 Å². The van der Waals surface area contributed by atoms with Crippen LogP contribution in [0, 0.1) is 0 Å². The number of nitrogens with one attached hydrogen (secondary N) is 1. The van der Waals surface area contributed by atoms with Gasteiger partial charge in [-0.15, -0.1) is 0 Å². The molecule has 22 heavy (non-hydrogen) atoms. The molecule has 4 nitrogen and oxygen atoms in total. The van der Waals surface area contributed by atoms with Crippen molar-refractivity contribution in [3.63, 3.8) is 0 Å². The highest BCUT2D eigenvalue weighted by Gasteiger charge is 2.03. The molecule has 5 heteroatoms. The lowest BCUT2D eigenvalue weighted by molar-refractivity contribution is -0.123. The summed E-state index contributed by atoms with van der Waals surface area (Å²) in [4.78, 5) is 11.7. The van der Waals surface area contributed by atoms with Gasteiger partial charge in [-0.25, -0.2) is 0 Å². The molecule has 0 aliphatic rings. The number of rotatable bonds is 7. The molecule has 0 aromatic heterocycles. The number of halogens is 1. The van der Waals surface area contributed by atoms with Crippen molar-refractivity contribution in [3.8, 4) is 11.5 Å². The highest BCUT2D eigenvalue weighted by atomic mass is 35.5. The van der Waals surface area contributed by atoms with Crippen LogP contribution in [0.2, 0.25) is 5.02 Å². The maximum absolute atomic E-state index is 11.7. The molecule has 116 valence electrons. The number of carbonyl (C=O) groups is 1. The normalized spacial score (nSPS) is 10.1. The Balaban J connectivity index is 1.74. The van der Waals surface area contributed by atoms with Crippen molar-refractivity contribution in [2.75, 3.05) is 13.2 Å². The Hall–Kier alpha value is -2.20. The van der Waals surface area contributed by atoms with Gasteiger partial charge in [0.2, 0.25) is 0 Å². The number of carbonyl (C=O) groups excluding carboxylic acids is 1. The Morgan fingerprint density at radius 3 is 2.23 bits per heavy atom. The van der Waals surface area contributed by atoms with E-state index in [-0.39, 0.29) is 12.5 Å². The van der Waals surface area contributed by atoms with Crippen LogP contribution in [0.5, 0.6) is 11.5 Å². The van der Waals surface area contributed by atoms with Gasteiger partial charge < -0.3 is 14.8 Å². The molecule has 0 spiro atoms. The summed E-state index contributed by atoms with van der Waals surface area (Å²) in [6.45, 7) is 3.00. The molecular weight excluding hydrogens is 302 g/mol. The lowest BCUT2D eigenvalue weighted by Crippen LogP contribution is -2.28. The van der Waals surface area contributed by atoms with Gasteiger partial charge >= 0.3 is 0 Å². The number of ether oxygens (including phenoxy) is 2. The topological polar surface area (TPSA) is 47.6 Å². The van der Waals surface area contributed by atoms with Crippen molar-refractivity contribution in [1.29, 1.82) is 0 Å². The number of amides is 1. The van der Waals surface area contributed by atoms with Crippen LogP contribution >= 0.6 is 11.6 Å². The van der Waals surface area contributed by atoms with Crippen molar-refractivity contribution in [1.82, 2.24) is 5.32 Å². The first-order chi connectivity index (χ1) is 10.7. The van der Waals surface area contributed by atoms with Crippen LogP contribution in [-0.2, 0) is 11.3 Å². The van der Waals surface area contributed by atoms with Crippen LogP contribution in [0.3, 0.4) is 0 Å². The van der Waals surface area contributed by atoms with Gasteiger partial charge in [-0.05, 0) is 48.9 Å². The molecule has 1 N–H and O–H groups in total. The van der Waals surface area contributed by atoms with Gasteiger partial charge in [-0.3, -0.25) is 4.79 Å². The van der Waals surface area contributed by atoms with Gasteiger partial charge in [0.25, 0.3) is 5.91 Å². The SMILES string of the molecule is CCOc1ccc(CNC(=O)COc2ccc(Cl)cc2)cc1. The first-order valence-electron chi connectivity index (χ1n) is 7.04. The Morgan fingerprint density at radius 2 is 1.59 bits per heavy atom. The molecule has 0 aliphatic carbocycles. The van der Waals surface area contributed by atoms with Gasteiger partial charge in [0.05, 0.1) is 6.61 Å². The smallest absolute Gasteiger partial charge is 0.258 e. The Bertz CT molecular complexity index is 596. The molecule has 0 bridgehead atoms. The fourth-order valence-electron chi connectivity index (χ4n) is 1.80. The quantitative estimate of drug-likeness (QED) is 0.850. The summed E-state index contributed by atoms with van der Waals surface area (Å²) in [5, 5.41) is 3.43. The molecule has 0 atom stereocenters. The maximum atomic E-state index is 11.7. The second-order valence-electron chi connectivity index (χ2n) is 4.60. The van der Waals surface area contributed by atoms with E-state index in [1.54, 1.807) is 24.3 Å². The zero-order valence-electron chi connectivity index (χ0n) is 12.3. The second kappa shape index (κ2) is 8.29. The van der Waals surface area contributed by atoms with Crippen LogP contribution in [-0.4, -0.2) is 19.1 Å². The Morgan fingerprint density at radius 1 is 1.00 bits per heavy atom. The molecule has 0 fully saturated rings. The van der Waals surface area contributed by atoms with Crippen LogP contribution in [0.4, 0.5) is 0 Å². The first kappa shape index (κ1) is 16.2. The number of hydrogen-bond acceptors (Lipinski definition) is 3. The van der Waals surface area contributed by atoms with Gasteiger partial charge in [0.1, 0.15) is 11.5 Å². The van der Waals surface area contributed by atoms with Crippen molar-refractivity contribution in [3.05, 3.63) is 59.1 Å². The molecule has 0 aliphatic heterocycles. The predicted octanol–water partition coefficient (Wildman–Crippen LogP) is 3.43. The predicted molar refractivity (Wildman–Crippen MR) is 86.4 cm³/mol. The first-order valence-corrected chi connectivity index (χ1v) is 7.42. The summed E-state index contributed by atoms with van der Waals surface area (Å²) in [5.74, 6) is 1.26. The van der Waals surface area contributed by atoms with Crippen molar-refractivity contribution in [2.45, 2.75) is 13.5 Å². The monoisotopic (exact) mass is 319 g/mol. The average Bonchev–Trinajstić information content (AvgIpc) is 2.54. The molecule has 0 saturated carbocycles. The summed E-state index contributed by atoms with van der Waals surface area (Å²) >= 11 is 5.78. The molecule has 2 aromatic carbocycles. The van der Waals surface area contributed by atoms with Gasteiger partial charge in [0.15, 0.2) is 6.61 Å². The van der Waals surface area contributed by atoms with E-state index in [0.29, 0.717) is 23.9 Å². The van der Waals surface area contributed by atoms with Crippen molar-refractivity contribution in [2.24, 2.45) is 0 Å². The molecular formula is C17H18ClNO3. The molecule has 2 aromatic rings. The zero-order chi connectivity index (χ0) is 15.8. The summed E-state index contributed by atoms with van der Waals surface area (Å²) in [6, 6.07) is 14.5. The molecule has 2 rings (SSSR count). The van der Waals surface area contributed by atoms with Gasteiger partial charge in [0, 0.05) is 11.6 Å². The molecule has 1 amide bonds. The standard InChI is InChI=1S/C17H18ClNO3/c1-2-21-15-7-3-13(4-8-15)11-19-17(20)12-22-16-9-5-14(18)6-10-16/h3-10H,2,11-12H2,1H3,(H,19,20). The lowest BCUT2D eigenvalue weighted by atomic mass is 10.2. The minimum atomic E-state index is -0.177. The summed E-state index contributed by atoms with van der Waals surface area (Å²) in [6.07, 6.45) is 0. The van der Waals surface area contributed by atoms with Crippen molar-refractivity contribution < 1.29 is 14.3 Å². The minimum Gasteiger partial charge on any atom is -0.494 e. The zero-order valence-corrected chi connectivity index (χ0v) is 13.1. The minimum absolute atomic E-state index is 0.0291. The van der Waals surface area contributed by atoms with E-state index in [0.717, 1.165) is 11.3 Å². The van der Waals surface area contributed by atoms with Gasteiger partial charge in [-0.1, -0.05) is 23.7 Å². The third-order valence-corrected chi connectivity index (χ3v) is 3.16.